The molecule has 0 saturated heterocycles. The van der Waals surface area contributed by atoms with Crippen molar-refractivity contribution in [3.63, 3.8) is 0 Å². The zero-order valence-corrected chi connectivity index (χ0v) is 11.1. The number of aliphatic hydroxyl groups excluding tert-OH is 1. The number of nitrogens with two attached hydrogens (primary N) is 2. The maximum atomic E-state index is 11.1. The van der Waals surface area contributed by atoms with Gasteiger partial charge in [-0.3, -0.25) is 0 Å². The van der Waals surface area contributed by atoms with E-state index in [0.717, 1.165) is 4.90 Å². The second-order valence-corrected chi connectivity index (χ2v) is 6.73. The summed E-state index contributed by atoms with van der Waals surface area (Å²) >= 11 is 1.53. The summed E-state index contributed by atoms with van der Waals surface area (Å²) in [7, 11) is -3.76. The number of rotatable bonds is 5. The van der Waals surface area contributed by atoms with Crippen molar-refractivity contribution in [2.45, 2.75) is 28.4 Å². The topological polar surface area (TPSA) is 106 Å². The van der Waals surface area contributed by atoms with Crippen LogP contribution in [0, 0.1) is 0 Å². The van der Waals surface area contributed by atoms with Gasteiger partial charge in [-0.1, -0.05) is 6.92 Å². The third kappa shape index (κ3) is 4.19. The fourth-order valence-electron chi connectivity index (χ4n) is 1.33. The molecule has 0 aliphatic heterocycles. The third-order valence-electron chi connectivity index (χ3n) is 2.16. The summed E-state index contributed by atoms with van der Waals surface area (Å²) in [6, 6.07) is 4.64. The van der Waals surface area contributed by atoms with Gasteiger partial charge in [-0.15, -0.1) is 11.8 Å². The van der Waals surface area contributed by atoms with E-state index in [-0.39, 0.29) is 22.4 Å². The smallest absolute Gasteiger partial charge is 0.240 e. The van der Waals surface area contributed by atoms with Gasteiger partial charge < -0.3 is 10.8 Å². The standard InChI is InChI=1S/C10H16N2O3S2/c1-7(4-5-13)16-8-2-3-10(9(11)6-8)17(12,14)15/h2-3,6-7,13H,4-5,11H2,1H3,(H2,12,14,15). The highest BCUT2D eigenvalue weighted by Crippen LogP contribution is 2.29. The lowest BCUT2D eigenvalue weighted by Crippen LogP contribution is -2.14. The number of hydrogen-bond acceptors (Lipinski definition) is 5. The normalized spacial score (nSPS) is 13.6. The van der Waals surface area contributed by atoms with Crippen molar-refractivity contribution in [1.29, 1.82) is 0 Å². The van der Waals surface area contributed by atoms with Crippen LogP contribution in [0.15, 0.2) is 28.0 Å². The van der Waals surface area contributed by atoms with E-state index in [1.54, 1.807) is 12.1 Å². The second-order valence-electron chi connectivity index (χ2n) is 3.69. The molecule has 0 amide bonds. The summed E-state index contributed by atoms with van der Waals surface area (Å²) in [5, 5.41) is 14.0. The van der Waals surface area contributed by atoms with Gasteiger partial charge in [0.1, 0.15) is 4.90 Å². The van der Waals surface area contributed by atoms with E-state index in [4.69, 9.17) is 16.0 Å². The lowest BCUT2D eigenvalue weighted by Gasteiger charge is -2.11. The molecule has 1 atom stereocenters. The van der Waals surface area contributed by atoms with Crippen molar-refractivity contribution in [2.75, 3.05) is 12.3 Å². The van der Waals surface area contributed by atoms with Crippen molar-refractivity contribution < 1.29 is 13.5 Å². The monoisotopic (exact) mass is 276 g/mol. The Morgan fingerprint density at radius 2 is 2.12 bits per heavy atom. The molecule has 0 aliphatic carbocycles. The lowest BCUT2D eigenvalue weighted by atomic mass is 10.3. The Labute approximate surface area is 105 Å². The summed E-state index contributed by atoms with van der Waals surface area (Å²) in [5.41, 5.74) is 5.78. The molecule has 0 fully saturated rings. The van der Waals surface area contributed by atoms with Gasteiger partial charge in [-0.25, -0.2) is 13.6 Å². The van der Waals surface area contributed by atoms with Crippen LogP contribution >= 0.6 is 11.8 Å². The highest BCUT2D eigenvalue weighted by molar-refractivity contribution is 8.00. The minimum Gasteiger partial charge on any atom is -0.398 e. The minimum absolute atomic E-state index is 0.0586. The Morgan fingerprint density at radius 3 is 2.59 bits per heavy atom. The molecule has 0 aliphatic rings. The number of primary sulfonamides is 1. The number of hydrogen-bond donors (Lipinski definition) is 3. The molecule has 0 saturated carbocycles. The molecule has 0 heterocycles. The summed E-state index contributed by atoms with van der Waals surface area (Å²) < 4.78 is 22.3. The van der Waals surface area contributed by atoms with Crippen LogP contribution in [0.25, 0.3) is 0 Å². The van der Waals surface area contributed by atoms with Crippen LogP contribution in [0.4, 0.5) is 5.69 Å². The molecule has 5 N–H and O–H groups in total. The van der Waals surface area contributed by atoms with E-state index in [1.165, 1.54) is 17.8 Å². The summed E-state index contributed by atoms with van der Waals surface area (Å²) in [6.45, 7) is 2.10. The summed E-state index contributed by atoms with van der Waals surface area (Å²) in [4.78, 5) is 0.799. The predicted octanol–water partition coefficient (Wildman–Crippen LogP) is 0.779. The molecule has 5 nitrogen and oxygen atoms in total. The van der Waals surface area contributed by atoms with Crippen molar-refractivity contribution >= 4 is 27.5 Å². The predicted molar refractivity (Wildman–Crippen MR) is 69.2 cm³/mol. The van der Waals surface area contributed by atoms with Gasteiger partial charge in [0, 0.05) is 16.8 Å². The molecule has 0 aromatic heterocycles. The van der Waals surface area contributed by atoms with Gasteiger partial charge in [0.2, 0.25) is 10.0 Å². The van der Waals surface area contributed by atoms with E-state index in [0.29, 0.717) is 6.42 Å². The first-order valence-corrected chi connectivity index (χ1v) is 7.47. The fourth-order valence-corrected chi connectivity index (χ4v) is 3.01. The van der Waals surface area contributed by atoms with Crippen LogP contribution in [-0.2, 0) is 10.0 Å². The second kappa shape index (κ2) is 5.72. The van der Waals surface area contributed by atoms with E-state index in [9.17, 15) is 8.42 Å². The first-order chi connectivity index (χ1) is 7.84. The molecule has 1 aromatic rings. The van der Waals surface area contributed by atoms with Crippen LogP contribution < -0.4 is 10.9 Å². The van der Waals surface area contributed by atoms with Crippen molar-refractivity contribution in [1.82, 2.24) is 0 Å². The highest BCUT2D eigenvalue weighted by Gasteiger charge is 2.13. The molecule has 96 valence electrons. The van der Waals surface area contributed by atoms with Gasteiger partial charge in [-0.05, 0) is 24.6 Å². The fraction of sp³-hybridized carbons (Fsp3) is 0.400. The molecule has 0 bridgehead atoms. The zero-order chi connectivity index (χ0) is 13.1. The van der Waals surface area contributed by atoms with E-state index in [1.807, 2.05) is 6.92 Å². The number of thioether (sulfide) groups is 1. The molecule has 17 heavy (non-hydrogen) atoms. The summed E-state index contributed by atoms with van der Waals surface area (Å²) in [6.07, 6.45) is 0.668. The molecule has 7 heteroatoms. The summed E-state index contributed by atoms with van der Waals surface area (Å²) in [5.74, 6) is 0. The van der Waals surface area contributed by atoms with Crippen molar-refractivity contribution in [3.05, 3.63) is 18.2 Å². The van der Waals surface area contributed by atoms with Crippen LogP contribution in [0.3, 0.4) is 0 Å². The first kappa shape index (κ1) is 14.3. The Hall–Kier alpha value is -0.760. The Morgan fingerprint density at radius 1 is 1.47 bits per heavy atom. The van der Waals surface area contributed by atoms with Gasteiger partial charge >= 0.3 is 0 Å². The van der Waals surface area contributed by atoms with Crippen molar-refractivity contribution in [3.8, 4) is 0 Å². The largest absolute Gasteiger partial charge is 0.398 e. The first-order valence-electron chi connectivity index (χ1n) is 5.04. The van der Waals surface area contributed by atoms with Gasteiger partial charge in [-0.2, -0.15) is 0 Å². The van der Waals surface area contributed by atoms with Crippen molar-refractivity contribution in [2.24, 2.45) is 5.14 Å². The number of anilines is 1. The molecule has 1 unspecified atom stereocenters. The van der Waals surface area contributed by atoms with Gasteiger partial charge in [0.15, 0.2) is 0 Å². The lowest BCUT2D eigenvalue weighted by molar-refractivity contribution is 0.289. The number of benzene rings is 1. The van der Waals surface area contributed by atoms with Crippen LogP contribution in [-0.4, -0.2) is 25.4 Å². The van der Waals surface area contributed by atoms with Crippen LogP contribution in [0.2, 0.25) is 0 Å². The zero-order valence-electron chi connectivity index (χ0n) is 9.46. The molecular weight excluding hydrogens is 260 g/mol. The molecule has 1 rings (SSSR count). The maximum absolute atomic E-state index is 11.1. The number of sulfonamides is 1. The Bertz CT molecular complexity index is 488. The van der Waals surface area contributed by atoms with E-state index >= 15 is 0 Å². The van der Waals surface area contributed by atoms with Gasteiger partial charge in [0.25, 0.3) is 0 Å². The Kier molecular flexibility index (Phi) is 4.81. The number of nitrogen functional groups attached to an aromatic ring is 1. The minimum atomic E-state index is -3.76. The van der Waals surface area contributed by atoms with E-state index < -0.39 is 10.0 Å². The van der Waals surface area contributed by atoms with Crippen LogP contribution in [0.1, 0.15) is 13.3 Å². The molecule has 0 spiro atoms. The quantitative estimate of drug-likeness (QED) is 0.544. The highest BCUT2D eigenvalue weighted by atomic mass is 32.2. The molecule has 0 radical (unpaired) electrons. The average Bonchev–Trinajstić information content (AvgIpc) is 2.15. The molecular formula is C10H16N2O3S2. The van der Waals surface area contributed by atoms with Crippen LogP contribution in [0.5, 0.6) is 0 Å². The molecule has 1 aromatic carbocycles. The SMILES string of the molecule is CC(CCO)Sc1ccc(S(N)(=O)=O)c(N)c1. The third-order valence-corrected chi connectivity index (χ3v) is 4.31. The van der Waals surface area contributed by atoms with Gasteiger partial charge in [0.05, 0.1) is 5.69 Å². The average molecular weight is 276 g/mol. The maximum Gasteiger partial charge on any atom is 0.240 e. The van der Waals surface area contributed by atoms with E-state index in [2.05, 4.69) is 0 Å². The number of aliphatic hydroxyl groups is 1. The Balaban J connectivity index is 2.90.